The van der Waals surface area contributed by atoms with Crippen LogP contribution < -0.4 is 14.5 Å². The Morgan fingerprint density at radius 2 is 1.93 bits per heavy atom. The Bertz CT molecular complexity index is 1420. The maximum Gasteiger partial charge on any atom is 0.410 e. The number of nitrogens with zero attached hydrogens (tertiary/aromatic N) is 7. The fourth-order valence-electron chi connectivity index (χ4n) is 7.67. The van der Waals surface area contributed by atoms with Gasteiger partial charge in [0.15, 0.2) is 0 Å². The first kappa shape index (κ1) is 30.4. The van der Waals surface area contributed by atoms with Crippen molar-refractivity contribution in [3.05, 3.63) is 41.1 Å². The topological polar surface area (TPSA) is 98.1 Å². The summed E-state index contributed by atoms with van der Waals surface area (Å²) < 4.78 is 12.1. The number of piperazine rings is 1. The van der Waals surface area contributed by atoms with Crippen molar-refractivity contribution in [2.75, 3.05) is 63.2 Å². The molecule has 4 heterocycles. The van der Waals surface area contributed by atoms with Gasteiger partial charge in [-0.25, -0.2) is 4.79 Å². The van der Waals surface area contributed by atoms with Crippen LogP contribution in [0.2, 0.25) is 0 Å². The molecule has 6 rings (SSSR count). The third kappa shape index (κ3) is 6.30. The molecule has 3 atom stereocenters. The lowest BCUT2D eigenvalue weighted by Crippen LogP contribution is -2.56. The van der Waals surface area contributed by atoms with Crippen molar-refractivity contribution in [1.29, 1.82) is 5.26 Å². The van der Waals surface area contributed by atoms with Crippen LogP contribution in [0.25, 0.3) is 0 Å². The van der Waals surface area contributed by atoms with E-state index in [9.17, 15) is 10.1 Å². The molecule has 0 bridgehead atoms. The summed E-state index contributed by atoms with van der Waals surface area (Å²) in [5.74, 6) is 0.899. The highest BCUT2D eigenvalue weighted by molar-refractivity contribution is 5.69. The summed E-state index contributed by atoms with van der Waals surface area (Å²) in [6.07, 6.45) is 6.02. The summed E-state index contributed by atoms with van der Waals surface area (Å²) in [6, 6.07) is 11.6. The number of amides is 1. The number of ether oxygens (including phenoxy) is 2. The molecule has 1 aliphatic carbocycles. The molecular formula is C34H47N7O3. The molecule has 236 valence electrons. The van der Waals surface area contributed by atoms with Gasteiger partial charge in [-0.1, -0.05) is 18.2 Å². The van der Waals surface area contributed by atoms with Gasteiger partial charge >= 0.3 is 12.1 Å². The number of para-hydroxylation sites is 1. The van der Waals surface area contributed by atoms with Crippen molar-refractivity contribution in [3.63, 3.8) is 0 Å². The van der Waals surface area contributed by atoms with Crippen LogP contribution in [0.5, 0.6) is 6.01 Å². The van der Waals surface area contributed by atoms with Gasteiger partial charge in [-0.15, -0.1) is 0 Å². The number of fused-ring (bicyclic) bond motifs is 2. The predicted molar refractivity (Wildman–Crippen MR) is 170 cm³/mol. The fourth-order valence-corrected chi connectivity index (χ4v) is 7.67. The Labute approximate surface area is 261 Å². The van der Waals surface area contributed by atoms with Gasteiger partial charge in [-0.3, -0.25) is 0 Å². The minimum Gasteiger partial charge on any atom is -0.462 e. The molecule has 1 spiro atoms. The highest BCUT2D eigenvalue weighted by Gasteiger charge is 2.42. The van der Waals surface area contributed by atoms with Crippen LogP contribution in [-0.4, -0.2) is 97.0 Å². The number of nitriles is 1. The summed E-state index contributed by atoms with van der Waals surface area (Å²) in [4.78, 5) is 31.9. The average Bonchev–Trinajstić information content (AvgIpc) is 3.39. The summed E-state index contributed by atoms with van der Waals surface area (Å²) in [7, 11) is 4.35. The van der Waals surface area contributed by atoms with Gasteiger partial charge < -0.3 is 29.1 Å². The number of likely N-dealkylation sites (N-methyl/N-ethyl adjacent to an activating group) is 1. The summed E-state index contributed by atoms with van der Waals surface area (Å²) in [6.45, 7) is 9.84. The van der Waals surface area contributed by atoms with Crippen LogP contribution in [0.4, 0.5) is 16.3 Å². The first-order valence-electron chi connectivity index (χ1n) is 16.2. The van der Waals surface area contributed by atoms with Gasteiger partial charge in [0.05, 0.1) is 24.2 Å². The zero-order chi connectivity index (χ0) is 31.1. The van der Waals surface area contributed by atoms with E-state index < -0.39 is 5.60 Å². The Kier molecular flexibility index (Phi) is 8.35. The molecule has 0 unspecified atom stereocenters. The minimum absolute atomic E-state index is 0.101. The zero-order valence-corrected chi connectivity index (χ0v) is 27.0. The van der Waals surface area contributed by atoms with Gasteiger partial charge in [-0.2, -0.15) is 15.2 Å². The molecule has 0 N–H and O–H groups in total. The number of anilines is 2. The summed E-state index contributed by atoms with van der Waals surface area (Å²) in [5, 5.41) is 9.67. The van der Waals surface area contributed by atoms with Crippen molar-refractivity contribution in [3.8, 4) is 12.1 Å². The zero-order valence-electron chi connectivity index (χ0n) is 27.0. The third-order valence-electron chi connectivity index (χ3n) is 9.85. The van der Waals surface area contributed by atoms with Crippen molar-refractivity contribution < 1.29 is 14.3 Å². The van der Waals surface area contributed by atoms with Gasteiger partial charge in [0, 0.05) is 50.5 Å². The molecule has 0 radical (unpaired) electrons. The Balaban J connectivity index is 1.30. The molecule has 1 aromatic carbocycles. The molecule has 1 amide bonds. The van der Waals surface area contributed by atoms with E-state index in [0.717, 1.165) is 56.7 Å². The molecule has 44 heavy (non-hydrogen) atoms. The molecule has 2 aromatic rings. The maximum atomic E-state index is 13.1. The third-order valence-corrected chi connectivity index (χ3v) is 9.85. The van der Waals surface area contributed by atoms with Crippen LogP contribution in [-0.2, 0) is 24.0 Å². The predicted octanol–water partition coefficient (Wildman–Crippen LogP) is 4.46. The lowest BCUT2D eigenvalue weighted by Gasteiger charge is -2.46. The Hall–Kier alpha value is -3.58. The molecule has 10 nitrogen and oxygen atoms in total. The van der Waals surface area contributed by atoms with E-state index in [2.05, 4.69) is 59.1 Å². The van der Waals surface area contributed by atoms with Crippen molar-refractivity contribution in [2.24, 2.45) is 5.41 Å². The van der Waals surface area contributed by atoms with Crippen molar-refractivity contribution in [2.45, 2.75) is 83.4 Å². The van der Waals surface area contributed by atoms with E-state index in [1.54, 1.807) is 4.90 Å². The van der Waals surface area contributed by atoms with Crippen LogP contribution in [0.15, 0.2) is 24.3 Å². The first-order valence-corrected chi connectivity index (χ1v) is 16.2. The van der Waals surface area contributed by atoms with Crippen molar-refractivity contribution in [1.82, 2.24) is 19.8 Å². The number of aromatic nitrogens is 2. The van der Waals surface area contributed by atoms with Gasteiger partial charge in [0.25, 0.3) is 0 Å². The van der Waals surface area contributed by atoms with Gasteiger partial charge in [-0.05, 0) is 89.9 Å². The van der Waals surface area contributed by atoms with Crippen LogP contribution in [0.1, 0.15) is 63.3 Å². The average molecular weight is 602 g/mol. The Morgan fingerprint density at radius 1 is 1.11 bits per heavy atom. The number of rotatable bonds is 5. The van der Waals surface area contributed by atoms with Gasteiger partial charge in [0.2, 0.25) is 0 Å². The van der Waals surface area contributed by atoms with E-state index in [4.69, 9.17) is 19.4 Å². The second-order valence-electron chi connectivity index (χ2n) is 14.3. The first-order chi connectivity index (χ1) is 21.0. The quantitative estimate of drug-likeness (QED) is 0.492. The molecule has 10 heteroatoms. The standard InChI is InChI=1S/C34H47N7O3/c1-33(2,3)44-32(42)41-18-17-40(21-25(41)13-15-35)30-27-12-14-34(19-24-9-6-7-11-29(24)39(5)23-34)20-28(27)36-31(37-30)43-22-26-10-8-16-38(26)4/h6-7,9,11,25-26H,8,10,12-14,16-23H2,1-5H3/t25-,26-,34+/m0/s1. The second-order valence-corrected chi connectivity index (χ2v) is 14.3. The maximum absolute atomic E-state index is 13.1. The van der Waals surface area contributed by atoms with Crippen LogP contribution >= 0.6 is 0 Å². The minimum atomic E-state index is -0.597. The lowest BCUT2D eigenvalue weighted by molar-refractivity contribution is 0.0144. The smallest absolute Gasteiger partial charge is 0.410 e. The number of carbonyl (C=O) groups is 1. The lowest BCUT2D eigenvalue weighted by atomic mass is 9.67. The van der Waals surface area contributed by atoms with Crippen LogP contribution in [0, 0.1) is 16.7 Å². The van der Waals surface area contributed by atoms with E-state index in [0.29, 0.717) is 38.3 Å². The monoisotopic (exact) mass is 601 g/mol. The molecular weight excluding hydrogens is 554 g/mol. The number of benzene rings is 1. The number of hydrogen-bond acceptors (Lipinski definition) is 9. The van der Waals surface area contributed by atoms with E-state index >= 15 is 0 Å². The summed E-state index contributed by atoms with van der Waals surface area (Å²) >= 11 is 0. The summed E-state index contributed by atoms with van der Waals surface area (Å²) in [5.41, 5.74) is 4.49. The highest BCUT2D eigenvalue weighted by atomic mass is 16.6. The van der Waals surface area contributed by atoms with Gasteiger partial charge in [0.1, 0.15) is 18.0 Å². The van der Waals surface area contributed by atoms with E-state index in [-0.39, 0.29) is 24.0 Å². The molecule has 2 saturated heterocycles. The number of carbonyl (C=O) groups excluding carboxylic acids is 1. The second kappa shape index (κ2) is 12.1. The largest absolute Gasteiger partial charge is 0.462 e. The fraction of sp³-hybridized carbons (Fsp3) is 0.647. The van der Waals surface area contributed by atoms with Crippen molar-refractivity contribution >= 4 is 17.6 Å². The number of hydrogen-bond donors (Lipinski definition) is 0. The highest BCUT2D eigenvalue weighted by Crippen LogP contribution is 2.46. The van der Waals surface area contributed by atoms with E-state index in [1.165, 1.54) is 23.2 Å². The van der Waals surface area contributed by atoms with Crippen LogP contribution in [0.3, 0.4) is 0 Å². The van der Waals surface area contributed by atoms with E-state index in [1.807, 2.05) is 20.8 Å². The molecule has 3 aliphatic heterocycles. The SMILES string of the molecule is CN1C[C@]2(CCc3c(nc(OC[C@@H]4CCCN4C)nc3N3CCN(C(=O)OC(C)(C)C)[C@@H](CC#N)C3)C2)Cc2ccccc21. The molecule has 4 aliphatic rings. The normalized spacial score (nSPS) is 25.4. The Morgan fingerprint density at radius 3 is 2.68 bits per heavy atom. The molecule has 0 saturated carbocycles. The molecule has 2 fully saturated rings. The molecule has 1 aromatic heterocycles. The number of likely N-dealkylation sites (tertiary alicyclic amines) is 1.